The molecule has 0 amide bonds. The van der Waals surface area contributed by atoms with E-state index in [0.717, 1.165) is 16.4 Å². The van der Waals surface area contributed by atoms with Crippen molar-refractivity contribution >= 4 is 15.9 Å². The molecular formula is C16H25BrN2. The molecule has 1 aromatic rings. The molecule has 0 bridgehead atoms. The molecule has 1 fully saturated rings. The largest absolute Gasteiger partial charge is 0.313 e. The van der Waals surface area contributed by atoms with Gasteiger partial charge in [0.1, 0.15) is 0 Å². The van der Waals surface area contributed by atoms with Crippen LogP contribution in [0.15, 0.2) is 28.7 Å². The second kappa shape index (κ2) is 6.87. The normalized spacial score (nSPS) is 25.7. The van der Waals surface area contributed by atoms with E-state index in [-0.39, 0.29) is 0 Å². The van der Waals surface area contributed by atoms with Crippen LogP contribution in [0.5, 0.6) is 0 Å². The van der Waals surface area contributed by atoms with Gasteiger partial charge in [0.25, 0.3) is 0 Å². The molecule has 106 valence electrons. The Kier molecular flexibility index (Phi) is 5.43. The van der Waals surface area contributed by atoms with Crippen molar-refractivity contribution < 1.29 is 0 Å². The third-order valence-corrected chi connectivity index (χ3v) is 4.71. The van der Waals surface area contributed by atoms with Crippen molar-refractivity contribution in [3.63, 3.8) is 0 Å². The molecule has 3 heteroatoms. The lowest BCUT2D eigenvalue weighted by Crippen LogP contribution is -2.31. The van der Waals surface area contributed by atoms with Crippen LogP contribution in [0.3, 0.4) is 0 Å². The Morgan fingerprint density at radius 1 is 1.42 bits per heavy atom. The highest BCUT2D eigenvalue weighted by Crippen LogP contribution is 2.25. The lowest BCUT2D eigenvalue weighted by molar-refractivity contribution is 0.250. The maximum atomic E-state index is 3.56. The molecule has 2 nitrogen and oxygen atoms in total. The van der Waals surface area contributed by atoms with Crippen LogP contribution < -0.4 is 5.32 Å². The van der Waals surface area contributed by atoms with Gasteiger partial charge in [0.15, 0.2) is 0 Å². The topological polar surface area (TPSA) is 15.3 Å². The van der Waals surface area contributed by atoms with E-state index in [4.69, 9.17) is 0 Å². The lowest BCUT2D eigenvalue weighted by atomic mass is 10.0. The Hall–Kier alpha value is -0.380. The Labute approximate surface area is 125 Å². The van der Waals surface area contributed by atoms with Crippen molar-refractivity contribution in [1.82, 2.24) is 10.2 Å². The van der Waals surface area contributed by atoms with E-state index in [1.807, 2.05) is 0 Å². The third kappa shape index (κ3) is 4.04. The SMILES string of the molecule is CNC(CCN1CC(C)CC1C)c1cccc(Br)c1. The fourth-order valence-electron chi connectivity index (χ4n) is 3.19. The lowest BCUT2D eigenvalue weighted by Gasteiger charge is -2.24. The number of nitrogens with zero attached hydrogens (tertiary/aromatic N) is 1. The summed E-state index contributed by atoms with van der Waals surface area (Å²) in [4.78, 5) is 2.63. The first-order chi connectivity index (χ1) is 9.10. The summed E-state index contributed by atoms with van der Waals surface area (Å²) in [5.41, 5.74) is 1.37. The van der Waals surface area contributed by atoms with Crippen LogP contribution in [0.2, 0.25) is 0 Å². The number of hydrogen-bond acceptors (Lipinski definition) is 2. The summed E-state index contributed by atoms with van der Waals surface area (Å²) < 4.78 is 1.16. The van der Waals surface area contributed by atoms with Gasteiger partial charge in [0.2, 0.25) is 0 Å². The molecule has 19 heavy (non-hydrogen) atoms. The monoisotopic (exact) mass is 324 g/mol. The van der Waals surface area contributed by atoms with Gasteiger partial charge in [0, 0.05) is 29.6 Å². The summed E-state index contributed by atoms with van der Waals surface area (Å²) in [6, 6.07) is 9.82. The molecule has 0 aromatic heterocycles. The molecule has 1 aliphatic rings. The van der Waals surface area contributed by atoms with Gasteiger partial charge in [-0.3, -0.25) is 0 Å². The van der Waals surface area contributed by atoms with Crippen LogP contribution in [0.4, 0.5) is 0 Å². The van der Waals surface area contributed by atoms with Gasteiger partial charge < -0.3 is 10.2 Å². The highest BCUT2D eigenvalue weighted by molar-refractivity contribution is 9.10. The van der Waals surface area contributed by atoms with Crippen molar-refractivity contribution in [1.29, 1.82) is 0 Å². The van der Waals surface area contributed by atoms with Crippen LogP contribution in [-0.4, -0.2) is 31.1 Å². The molecule has 1 aromatic carbocycles. The number of halogens is 1. The number of rotatable bonds is 5. The van der Waals surface area contributed by atoms with E-state index in [0.29, 0.717) is 6.04 Å². The Balaban J connectivity index is 1.93. The number of hydrogen-bond donors (Lipinski definition) is 1. The van der Waals surface area contributed by atoms with Gasteiger partial charge in [0.05, 0.1) is 0 Å². The first-order valence-corrected chi connectivity index (χ1v) is 8.06. The average Bonchev–Trinajstić information content (AvgIpc) is 2.69. The zero-order valence-electron chi connectivity index (χ0n) is 12.2. The van der Waals surface area contributed by atoms with Gasteiger partial charge >= 0.3 is 0 Å². The molecule has 1 saturated heterocycles. The van der Waals surface area contributed by atoms with Crippen molar-refractivity contribution in [3.05, 3.63) is 34.3 Å². The highest BCUT2D eigenvalue weighted by atomic mass is 79.9. The number of likely N-dealkylation sites (tertiary alicyclic amines) is 1. The van der Waals surface area contributed by atoms with Gasteiger partial charge in [-0.2, -0.15) is 0 Å². The summed E-state index contributed by atoms with van der Waals surface area (Å²) in [5.74, 6) is 0.855. The highest BCUT2D eigenvalue weighted by Gasteiger charge is 2.26. The molecule has 0 spiro atoms. The predicted octanol–water partition coefficient (Wildman–Crippen LogP) is 3.83. The van der Waals surface area contributed by atoms with Crippen LogP contribution in [0.25, 0.3) is 0 Å². The number of nitrogens with one attached hydrogen (secondary N) is 1. The molecule has 1 heterocycles. The molecular weight excluding hydrogens is 300 g/mol. The Bertz CT molecular complexity index is 407. The first-order valence-electron chi connectivity index (χ1n) is 7.27. The third-order valence-electron chi connectivity index (χ3n) is 4.22. The van der Waals surface area contributed by atoms with Gasteiger partial charge in [-0.25, -0.2) is 0 Å². The first kappa shape index (κ1) is 15.0. The molecule has 0 aliphatic carbocycles. The Morgan fingerprint density at radius 3 is 2.79 bits per heavy atom. The smallest absolute Gasteiger partial charge is 0.0330 e. The van der Waals surface area contributed by atoms with E-state index in [2.05, 4.69) is 71.3 Å². The summed E-state index contributed by atoms with van der Waals surface area (Å²) in [7, 11) is 2.06. The summed E-state index contributed by atoms with van der Waals surface area (Å²) in [5, 5.41) is 3.45. The minimum absolute atomic E-state index is 0.445. The standard InChI is InChI=1S/C16H25BrN2/c1-12-9-13(2)19(11-12)8-7-16(18-3)14-5-4-6-15(17)10-14/h4-6,10,12-13,16,18H,7-9,11H2,1-3H3. The molecule has 0 radical (unpaired) electrons. The van der Waals surface area contributed by atoms with Gasteiger partial charge in [-0.05, 0) is 50.4 Å². The van der Waals surface area contributed by atoms with Gasteiger partial charge in [-0.1, -0.05) is 35.0 Å². The summed E-state index contributed by atoms with van der Waals surface area (Å²) >= 11 is 3.56. The molecule has 1 aliphatic heterocycles. The number of benzene rings is 1. The van der Waals surface area contributed by atoms with E-state index >= 15 is 0 Å². The summed E-state index contributed by atoms with van der Waals surface area (Å²) in [6.45, 7) is 7.16. The maximum absolute atomic E-state index is 3.56. The molecule has 3 unspecified atom stereocenters. The van der Waals surface area contributed by atoms with E-state index in [9.17, 15) is 0 Å². The van der Waals surface area contributed by atoms with Crippen molar-refractivity contribution in [2.75, 3.05) is 20.1 Å². The summed E-state index contributed by atoms with van der Waals surface area (Å²) in [6.07, 6.45) is 2.52. The second-order valence-electron chi connectivity index (χ2n) is 5.87. The minimum Gasteiger partial charge on any atom is -0.313 e. The van der Waals surface area contributed by atoms with Crippen LogP contribution >= 0.6 is 15.9 Å². The van der Waals surface area contributed by atoms with Crippen molar-refractivity contribution in [2.24, 2.45) is 5.92 Å². The maximum Gasteiger partial charge on any atom is 0.0330 e. The van der Waals surface area contributed by atoms with Crippen molar-refractivity contribution in [3.8, 4) is 0 Å². The Morgan fingerprint density at radius 2 is 2.21 bits per heavy atom. The zero-order valence-corrected chi connectivity index (χ0v) is 13.8. The fraction of sp³-hybridized carbons (Fsp3) is 0.625. The van der Waals surface area contributed by atoms with Gasteiger partial charge in [-0.15, -0.1) is 0 Å². The zero-order chi connectivity index (χ0) is 13.8. The van der Waals surface area contributed by atoms with Crippen LogP contribution in [0.1, 0.15) is 38.3 Å². The minimum atomic E-state index is 0.445. The molecule has 3 atom stereocenters. The molecule has 1 N–H and O–H groups in total. The fourth-order valence-corrected chi connectivity index (χ4v) is 3.61. The van der Waals surface area contributed by atoms with E-state index in [1.165, 1.54) is 31.5 Å². The van der Waals surface area contributed by atoms with Crippen molar-refractivity contribution in [2.45, 2.75) is 38.8 Å². The quantitative estimate of drug-likeness (QED) is 0.885. The van der Waals surface area contributed by atoms with Crippen LogP contribution in [0, 0.1) is 5.92 Å². The second-order valence-corrected chi connectivity index (χ2v) is 6.79. The predicted molar refractivity (Wildman–Crippen MR) is 85.4 cm³/mol. The van der Waals surface area contributed by atoms with E-state index < -0.39 is 0 Å². The molecule has 2 rings (SSSR count). The average molecular weight is 325 g/mol. The van der Waals surface area contributed by atoms with Crippen LogP contribution in [-0.2, 0) is 0 Å². The molecule has 0 saturated carbocycles. The van der Waals surface area contributed by atoms with E-state index in [1.54, 1.807) is 0 Å².